The molecule has 124 valence electrons. The van der Waals surface area contributed by atoms with Gasteiger partial charge >= 0.3 is 0 Å². The molecule has 1 saturated heterocycles. The number of imidazole rings is 1. The monoisotopic (exact) mass is 337 g/mol. The van der Waals surface area contributed by atoms with Crippen LogP contribution in [0, 0.1) is 12.7 Å². The van der Waals surface area contributed by atoms with Crippen LogP contribution in [0.15, 0.2) is 36.7 Å². The van der Waals surface area contributed by atoms with Crippen molar-refractivity contribution in [2.24, 2.45) is 0 Å². The van der Waals surface area contributed by atoms with Gasteiger partial charge in [-0.05, 0) is 25.8 Å². The number of benzene rings is 1. The minimum absolute atomic E-state index is 0.0975. The summed E-state index contributed by atoms with van der Waals surface area (Å²) in [5.41, 5.74) is 0.219. The van der Waals surface area contributed by atoms with Crippen LogP contribution in [-0.4, -0.2) is 34.9 Å². The molecule has 5 nitrogen and oxygen atoms in total. The quantitative estimate of drug-likeness (QED) is 0.841. The topological polar surface area (TPSA) is 55.2 Å². The molecule has 0 saturated carbocycles. The molecule has 0 radical (unpaired) electrons. The van der Waals surface area contributed by atoms with Crippen molar-refractivity contribution in [2.75, 3.05) is 6.54 Å². The lowest BCUT2D eigenvalue weighted by molar-refractivity contribution is 0.349. The first-order chi connectivity index (χ1) is 11.0. The highest BCUT2D eigenvalue weighted by Crippen LogP contribution is 2.25. The average molecular weight is 337 g/mol. The third-order valence-corrected chi connectivity index (χ3v) is 6.18. The second-order valence-corrected chi connectivity index (χ2v) is 7.80. The Morgan fingerprint density at radius 1 is 1.35 bits per heavy atom. The van der Waals surface area contributed by atoms with Gasteiger partial charge in [-0.15, -0.1) is 0 Å². The maximum absolute atomic E-state index is 13.8. The van der Waals surface area contributed by atoms with Crippen molar-refractivity contribution in [1.82, 2.24) is 13.9 Å². The fourth-order valence-electron chi connectivity index (χ4n) is 3.08. The molecule has 0 spiro atoms. The molecule has 1 fully saturated rings. The molecule has 0 unspecified atom stereocenters. The van der Waals surface area contributed by atoms with E-state index in [2.05, 4.69) is 4.98 Å². The van der Waals surface area contributed by atoms with Crippen molar-refractivity contribution >= 4 is 10.0 Å². The number of sulfonamides is 1. The number of aromatic nitrogens is 2. The van der Waals surface area contributed by atoms with E-state index in [0.29, 0.717) is 13.1 Å². The minimum atomic E-state index is -3.54. The van der Waals surface area contributed by atoms with Gasteiger partial charge in [0.2, 0.25) is 10.0 Å². The van der Waals surface area contributed by atoms with E-state index in [1.807, 2.05) is 17.7 Å². The molecule has 1 aliphatic rings. The predicted octanol–water partition coefficient (Wildman–Crippen LogP) is 2.33. The minimum Gasteiger partial charge on any atom is -0.334 e. The Morgan fingerprint density at radius 2 is 2.13 bits per heavy atom. The van der Waals surface area contributed by atoms with E-state index < -0.39 is 15.8 Å². The Labute approximate surface area is 135 Å². The Balaban J connectivity index is 1.78. The summed E-state index contributed by atoms with van der Waals surface area (Å²) in [6.07, 6.45) is 5.21. The molecule has 3 rings (SSSR count). The molecule has 2 heterocycles. The van der Waals surface area contributed by atoms with Crippen LogP contribution in [0.1, 0.15) is 24.2 Å². The Morgan fingerprint density at radius 3 is 2.83 bits per heavy atom. The Kier molecular flexibility index (Phi) is 4.50. The molecule has 0 N–H and O–H groups in total. The number of aryl methyl sites for hydroxylation is 1. The lowest BCUT2D eigenvalue weighted by Gasteiger charge is -2.25. The standard InChI is InChI=1S/C16H20FN3O2S/c1-13-18-8-10-19(13)11-15-6-4-9-20(15)23(21,22)12-14-5-2-3-7-16(14)17/h2-3,5,7-8,10,15H,4,6,9,11-12H2,1H3/t15-/m0/s1. The second-order valence-electron chi connectivity index (χ2n) is 5.88. The molecule has 23 heavy (non-hydrogen) atoms. The zero-order chi connectivity index (χ0) is 16.4. The van der Waals surface area contributed by atoms with Gasteiger partial charge in [0.1, 0.15) is 11.6 Å². The Hall–Kier alpha value is -1.73. The number of hydrogen-bond donors (Lipinski definition) is 0. The van der Waals surface area contributed by atoms with Crippen molar-refractivity contribution in [3.63, 3.8) is 0 Å². The molecular weight excluding hydrogens is 317 g/mol. The normalized spacial score (nSPS) is 19.3. The van der Waals surface area contributed by atoms with E-state index in [-0.39, 0.29) is 17.4 Å². The highest BCUT2D eigenvalue weighted by atomic mass is 32.2. The molecule has 0 aliphatic carbocycles. The Bertz CT molecular complexity index is 788. The fraction of sp³-hybridized carbons (Fsp3) is 0.438. The SMILES string of the molecule is Cc1nccn1C[C@@H]1CCCN1S(=O)(=O)Cc1ccccc1F. The largest absolute Gasteiger partial charge is 0.334 e. The third-order valence-electron chi connectivity index (χ3n) is 4.31. The van der Waals surface area contributed by atoms with Crippen molar-refractivity contribution in [2.45, 2.75) is 38.1 Å². The maximum atomic E-state index is 13.8. The average Bonchev–Trinajstić information content (AvgIpc) is 3.12. The lowest BCUT2D eigenvalue weighted by atomic mass is 10.2. The third kappa shape index (κ3) is 3.45. The summed E-state index contributed by atoms with van der Waals surface area (Å²) in [5, 5.41) is 0. The van der Waals surface area contributed by atoms with E-state index in [1.54, 1.807) is 18.3 Å². The summed E-state index contributed by atoms with van der Waals surface area (Å²) in [6, 6.07) is 5.94. The smallest absolute Gasteiger partial charge is 0.218 e. The summed E-state index contributed by atoms with van der Waals surface area (Å²) in [7, 11) is -3.54. The van der Waals surface area contributed by atoms with E-state index in [9.17, 15) is 12.8 Å². The molecular formula is C16H20FN3O2S. The summed E-state index contributed by atoms with van der Waals surface area (Å²) in [5.74, 6) is 0.0969. The van der Waals surface area contributed by atoms with Crippen molar-refractivity contribution in [1.29, 1.82) is 0 Å². The summed E-state index contributed by atoms with van der Waals surface area (Å²) < 4.78 is 42.7. The van der Waals surface area contributed by atoms with E-state index in [0.717, 1.165) is 18.7 Å². The molecule has 1 aliphatic heterocycles. The summed E-state index contributed by atoms with van der Waals surface area (Å²) in [6.45, 7) is 2.98. The molecule has 1 aromatic carbocycles. The highest BCUT2D eigenvalue weighted by Gasteiger charge is 2.34. The van der Waals surface area contributed by atoms with Gasteiger partial charge in [0.05, 0.1) is 5.75 Å². The first-order valence-electron chi connectivity index (χ1n) is 7.68. The molecule has 1 aromatic heterocycles. The molecule has 0 amide bonds. The zero-order valence-electron chi connectivity index (χ0n) is 13.0. The van der Waals surface area contributed by atoms with Crippen LogP contribution in [0.3, 0.4) is 0 Å². The summed E-state index contributed by atoms with van der Waals surface area (Å²) in [4.78, 5) is 4.17. The maximum Gasteiger partial charge on any atom is 0.218 e. The summed E-state index contributed by atoms with van der Waals surface area (Å²) >= 11 is 0. The van der Waals surface area contributed by atoms with Gasteiger partial charge < -0.3 is 4.57 Å². The van der Waals surface area contributed by atoms with Gasteiger partial charge in [0.15, 0.2) is 0 Å². The van der Waals surface area contributed by atoms with Gasteiger partial charge in [-0.25, -0.2) is 17.8 Å². The van der Waals surface area contributed by atoms with Crippen LogP contribution in [0.4, 0.5) is 4.39 Å². The number of nitrogens with zero attached hydrogens (tertiary/aromatic N) is 3. The first-order valence-corrected chi connectivity index (χ1v) is 9.29. The van der Waals surface area contributed by atoms with E-state index in [4.69, 9.17) is 0 Å². The number of rotatable bonds is 5. The van der Waals surface area contributed by atoms with Gasteiger partial charge in [0, 0.05) is 37.1 Å². The zero-order valence-corrected chi connectivity index (χ0v) is 13.8. The van der Waals surface area contributed by atoms with Crippen LogP contribution in [0.5, 0.6) is 0 Å². The highest BCUT2D eigenvalue weighted by molar-refractivity contribution is 7.88. The first kappa shape index (κ1) is 16.1. The van der Waals surface area contributed by atoms with Crippen LogP contribution >= 0.6 is 0 Å². The second kappa shape index (κ2) is 6.41. The molecule has 1 atom stereocenters. The van der Waals surface area contributed by atoms with E-state index >= 15 is 0 Å². The van der Waals surface area contributed by atoms with Crippen molar-refractivity contribution in [3.8, 4) is 0 Å². The van der Waals surface area contributed by atoms with Gasteiger partial charge in [-0.3, -0.25) is 0 Å². The lowest BCUT2D eigenvalue weighted by Crippen LogP contribution is -2.39. The van der Waals surface area contributed by atoms with E-state index in [1.165, 1.54) is 16.4 Å². The number of hydrogen-bond acceptors (Lipinski definition) is 3. The number of halogens is 1. The van der Waals surface area contributed by atoms with Crippen LogP contribution in [-0.2, 0) is 22.3 Å². The van der Waals surface area contributed by atoms with Gasteiger partial charge in [-0.2, -0.15) is 4.31 Å². The van der Waals surface area contributed by atoms with Crippen molar-refractivity contribution < 1.29 is 12.8 Å². The van der Waals surface area contributed by atoms with Gasteiger partial charge in [-0.1, -0.05) is 18.2 Å². The van der Waals surface area contributed by atoms with Gasteiger partial charge in [0.25, 0.3) is 0 Å². The molecule has 0 bridgehead atoms. The molecule has 2 aromatic rings. The predicted molar refractivity (Wildman–Crippen MR) is 85.7 cm³/mol. The van der Waals surface area contributed by atoms with Crippen LogP contribution in [0.25, 0.3) is 0 Å². The molecule has 7 heteroatoms. The van der Waals surface area contributed by atoms with Crippen molar-refractivity contribution in [3.05, 3.63) is 53.9 Å². The van der Waals surface area contributed by atoms with Crippen LogP contribution in [0.2, 0.25) is 0 Å². The fourth-order valence-corrected chi connectivity index (χ4v) is 4.90. The van der Waals surface area contributed by atoms with Crippen LogP contribution < -0.4 is 0 Å².